The molecule has 0 amide bonds. The first-order chi connectivity index (χ1) is 10.4. The molecule has 1 aromatic heterocycles. The highest BCUT2D eigenvalue weighted by atomic mass is 35.5. The lowest BCUT2D eigenvalue weighted by Crippen LogP contribution is -2.21. The van der Waals surface area contributed by atoms with Gasteiger partial charge >= 0.3 is 5.97 Å². The van der Waals surface area contributed by atoms with Crippen molar-refractivity contribution in [3.63, 3.8) is 0 Å². The summed E-state index contributed by atoms with van der Waals surface area (Å²) in [6, 6.07) is 9.73. The highest BCUT2D eigenvalue weighted by Gasteiger charge is 2.18. The molecule has 1 heterocycles. The van der Waals surface area contributed by atoms with Crippen LogP contribution in [0.4, 0.5) is 0 Å². The second-order valence-corrected chi connectivity index (χ2v) is 5.75. The van der Waals surface area contributed by atoms with E-state index < -0.39 is 0 Å². The van der Waals surface area contributed by atoms with Gasteiger partial charge in [-0.15, -0.1) is 0 Å². The molecule has 0 radical (unpaired) electrons. The summed E-state index contributed by atoms with van der Waals surface area (Å²) in [5, 5.41) is 0.725. The Hall–Kier alpha value is -1.78. The number of carbonyl (C=O) groups is 1. The van der Waals surface area contributed by atoms with E-state index in [2.05, 4.69) is 11.8 Å². The van der Waals surface area contributed by atoms with Crippen LogP contribution in [0.25, 0.3) is 0 Å². The van der Waals surface area contributed by atoms with Gasteiger partial charge in [0.1, 0.15) is 17.1 Å². The lowest BCUT2D eigenvalue weighted by atomic mass is 10.1. The van der Waals surface area contributed by atoms with Gasteiger partial charge in [-0.2, -0.15) is 0 Å². The molecule has 1 atom stereocenters. The molecule has 0 saturated heterocycles. The number of halogens is 1. The maximum absolute atomic E-state index is 11.6. The number of aryl methyl sites for hydroxylation is 1. The summed E-state index contributed by atoms with van der Waals surface area (Å²) >= 11 is 5.92. The first-order valence-electron chi connectivity index (χ1n) is 7.05. The van der Waals surface area contributed by atoms with Crippen LogP contribution in [-0.4, -0.2) is 25.0 Å². The average molecular weight is 322 g/mol. The van der Waals surface area contributed by atoms with Crippen molar-refractivity contribution in [1.29, 1.82) is 0 Å². The van der Waals surface area contributed by atoms with Crippen LogP contribution in [0.2, 0.25) is 5.02 Å². The third-order valence-corrected chi connectivity index (χ3v) is 4.04. The number of nitrogens with zero attached hydrogens (tertiary/aromatic N) is 1. The van der Waals surface area contributed by atoms with E-state index in [9.17, 15) is 4.79 Å². The highest BCUT2D eigenvalue weighted by Crippen LogP contribution is 2.24. The van der Waals surface area contributed by atoms with Crippen LogP contribution in [0.3, 0.4) is 0 Å². The number of benzene rings is 1. The normalized spacial score (nSPS) is 12.5. The topological polar surface area (TPSA) is 42.7 Å². The quantitative estimate of drug-likeness (QED) is 0.773. The number of rotatable bonds is 5. The average Bonchev–Trinajstić information content (AvgIpc) is 2.87. The molecule has 118 valence electrons. The molecule has 0 aliphatic rings. The SMILES string of the molecule is COC(=O)c1cc(CN(C)C(C)c2ccc(Cl)cc2)oc1C. The van der Waals surface area contributed by atoms with Gasteiger partial charge in [0.2, 0.25) is 0 Å². The van der Waals surface area contributed by atoms with Gasteiger partial charge in [-0.1, -0.05) is 23.7 Å². The predicted molar refractivity (Wildman–Crippen MR) is 86.1 cm³/mol. The zero-order valence-corrected chi connectivity index (χ0v) is 14.0. The Bertz CT molecular complexity index is 648. The molecule has 4 nitrogen and oxygen atoms in total. The number of carbonyl (C=O) groups excluding carboxylic acids is 1. The maximum atomic E-state index is 11.6. The molecule has 5 heteroatoms. The van der Waals surface area contributed by atoms with E-state index in [-0.39, 0.29) is 12.0 Å². The van der Waals surface area contributed by atoms with Crippen molar-refractivity contribution >= 4 is 17.6 Å². The van der Waals surface area contributed by atoms with Gasteiger partial charge in [-0.05, 0) is 44.7 Å². The van der Waals surface area contributed by atoms with Crippen LogP contribution in [0, 0.1) is 6.92 Å². The number of methoxy groups -OCH3 is 1. The Balaban J connectivity index is 2.09. The van der Waals surface area contributed by atoms with Crippen molar-refractivity contribution in [3.05, 3.63) is 58.0 Å². The standard InChI is InChI=1S/C17H20ClNO3/c1-11(13-5-7-14(18)8-6-13)19(3)10-15-9-16(12(2)22-15)17(20)21-4/h5-9,11H,10H2,1-4H3. The minimum atomic E-state index is -0.374. The molecule has 0 aliphatic carbocycles. The molecular weight excluding hydrogens is 302 g/mol. The molecule has 2 aromatic rings. The predicted octanol–water partition coefficient (Wildman–Crippen LogP) is 4.22. The number of hydrogen-bond donors (Lipinski definition) is 0. The Morgan fingerprint density at radius 3 is 2.59 bits per heavy atom. The summed E-state index contributed by atoms with van der Waals surface area (Å²) < 4.78 is 10.4. The smallest absolute Gasteiger partial charge is 0.341 e. The van der Waals surface area contributed by atoms with E-state index >= 15 is 0 Å². The molecule has 0 fully saturated rings. The van der Waals surface area contributed by atoms with Crippen LogP contribution < -0.4 is 0 Å². The molecule has 1 unspecified atom stereocenters. The van der Waals surface area contributed by atoms with Crippen LogP contribution in [0.15, 0.2) is 34.7 Å². The number of hydrogen-bond acceptors (Lipinski definition) is 4. The van der Waals surface area contributed by atoms with Gasteiger partial charge in [-0.3, -0.25) is 4.90 Å². The summed E-state index contributed by atoms with van der Waals surface area (Å²) in [6.45, 7) is 4.47. The summed E-state index contributed by atoms with van der Waals surface area (Å²) in [5.74, 6) is 0.941. The number of furan rings is 1. The summed E-state index contributed by atoms with van der Waals surface area (Å²) in [7, 11) is 3.37. The molecule has 0 bridgehead atoms. The van der Waals surface area contributed by atoms with E-state index in [4.69, 9.17) is 20.8 Å². The molecular formula is C17H20ClNO3. The third-order valence-electron chi connectivity index (χ3n) is 3.79. The van der Waals surface area contributed by atoms with Gasteiger partial charge in [-0.25, -0.2) is 4.79 Å². The Morgan fingerprint density at radius 1 is 1.36 bits per heavy atom. The zero-order chi connectivity index (χ0) is 16.3. The zero-order valence-electron chi connectivity index (χ0n) is 13.2. The largest absolute Gasteiger partial charge is 0.465 e. The van der Waals surface area contributed by atoms with Crippen molar-refractivity contribution in [2.45, 2.75) is 26.4 Å². The summed E-state index contributed by atoms with van der Waals surface area (Å²) in [6.07, 6.45) is 0. The van der Waals surface area contributed by atoms with Crippen LogP contribution in [0.5, 0.6) is 0 Å². The third kappa shape index (κ3) is 3.70. The monoisotopic (exact) mass is 321 g/mol. The van der Waals surface area contributed by atoms with Gasteiger partial charge in [0, 0.05) is 11.1 Å². The summed E-state index contributed by atoms with van der Waals surface area (Å²) in [5.41, 5.74) is 1.65. The molecule has 0 spiro atoms. The second-order valence-electron chi connectivity index (χ2n) is 5.32. The molecule has 0 saturated carbocycles. The fourth-order valence-corrected chi connectivity index (χ4v) is 2.44. The van der Waals surface area contributed by atoms with Gasteiger partial charge in [0.25, 0.3) is 0 Å². The molecule has 22 heavy (non-hydrogen) atoms. The van der Waals surface area contributed by atoms with Crippen molar-refractivity contribution in [3.8, 4) is 0 Å². The maximum Gasteiger partial charge on any atom is 0.341 e. The van der Waals surface area contributed by atoms with Gasteiger partial charge < -0.3 is 9.15 Å². The first-order valence-corrected chi connectivity index (χ1v) is 7.43. The lowest BCUT2D eigenvalue weighted by molar-refractivity contribution is 0.0599. The number of ether oxygens (including phenoxy) is 1. The number of esters is 1. The minimum absolute atomic E-state index is 0.198. The lowest BCUT2D eigenvalue weighted by Gasteiger charge is -2.24. The van der Waals surface area contributed by atoms with Crippen LogP contribution in [0.1, 0.15) is 40.4 Å². The van der Waals surface area contributed by atoms with Crippen molar-refractivity contribution < 1.29 is 13.9 Å². The minimum Gasteiger partial charge on any atom is -0.465 e. The van der Waals surface area contributed by atoms with E-state index in [0.717, 1.165) is 10.8 Å². The second kappa shape index (κ2) is 6.99. The van der Waals surface area contributed by atoms with Crippen molar-refractivity contribution in [2.24, 2.45) is 0 Å². The Labute approximate surface area is 135 Å². The molecule has 1 aromatic carbocycles. The van der Waals surface area contributed by atoms with Gasteiger partial charge in [0.15, 0.2) is 0 Å². The molecule has 0 aliphatic heterocycles. The van der Waals surface area contributed by atoms with E-state index in [1.165, 1.54) is 12.7 Å². The summed E-state index contributed by atoms with van der Waals surface area (Å²) in [4.78, 5) is 13.8. The van der Waals surface area contributed by atoms with E-state index in [1.807, 2.05) is 31.3 Å². The first kappa shape index (κ1) is 16.6. The Kier molecular flexibility index (Phi) is 5.27. The van der Waals surface area contributed by atoms with Crippen molar-refractivity contribution in [1.82, 2.24) is 4.90 Å². The van der Waals surface area contributed by atoms with E-state index in [0.29, 0.717) is 17.9 Å². The van der Waals surface area contributed by atoms with Crippen LogP contribution in [-0.2, 0) is 11.3 Å². The Morgan fingerprint density at radius 2 is 2.00 bits per heavy atom. The van der Waals surface area contributed by atoms with Gasteiger partial charge in [0.05, 0.1) is 13.7 Å². The molecule has 0 N–H and O–H groups in total. The fourth-order valence-electron chi connectivity index (χ4n) is 2.31. The fraction of sp³-hybridized carbons (Fsp3) is 0.353. The van der Waals surface area contributed by atoms with Crippen LogP contribution >= 0.6 is 11.6 Å². The highest BCUT2D eigenvalue weighted by molar-refractivity contribution is 6.30. The van der Waals surface area contributed by atoms with E-state index in [1.54, 1.807) is 13.0 Å². The van der Waals surface area contributed by atoms with Crippen molar-refractivity contribution in [2.75, 3.05) is 14.2 Å². The molecule has 2 rings (SSSR count).